The summed E-state index contributed by atoms with van der Waals surface area (Å²) in [5.41, 5.74) is 0.591. The van der Waals surface area contributed by atoms with E-state index in [2.05, 4.69) is 5.10 Å². The van der Waals surface area contributed by atoms with E-state index >= 15 is 0 Å². The Morgan fingerprint density at radius 3 is 1.96 bits per heavy atom. The average Bonchev–Trinajstić information content (AvgIpc) is 3.12. The van der Waals surface area contributed by atoms with E-state index in [-0.39, 0.29) is 30.8 Å². The Morgan fingerprint density at radius 2 is 1.43 bits per heavy atom. The van der Waals surface area contributed by atoms with Crippen molar-refractivity contribution in [2.75, 3.05) is 18.2 Å². The molecule has 0 N–H and O–H groups in total. The normalized spacial score (nSPS) is 22.2. The van der Waals surface area contributed by atoms with Crippen molar-refractivity contribution in [3.8, 4) is 0 Å². The highest BCUT2D eigenvalue weighted by molar-refractivity contribution is 6.56. The van der Waals surface area contributed by atoms with E-state index in [1.54, 1.807) is 6.92 Å². The first-order chi connectivity index (χ1) is 10.8. The lowest BCUT2D eigenvalue weighted by Crippen LogP contribution is -2.36. The third kappa shape index (κ3) is 2.82. The lowest BCUT2D eigenvalue weighted by Gasteiger charge is -2.20. The van der Waals surface area contributed by atoms with Crippen LogP contribution in [0.2, 0.25) is 25.1 Å². The predicted molar refractivity (Wildman–Crippen MR) is 91.3 cm³/mol. The second-order valence-electron chi connectivity index (χ2n) is 4.90. The van der Waals surface area contributed by atoms with Crippen LogP contribution in [0.15, 0.2) is 5.10 Å². The molecule has 0 aliphatic carbocycles. The van der Waals surface area contributed by atoms with Crippen LogP contribution in [-0.2, 0) is 14.3 Å². The third-order valence-electron chi connectivity index (χ3n) is 3.50. The molecule has 1 atom stereocenters. The van der Waals surface area contributed by atoms with Gasteiger partial charge in [0.15, 0.2) is 6.29 Å². The van der Waals surface area contributed by atoms with Crippen LogP contribution in [0, 0.1) is 5.92 Å². The zero-order valence-corrected chi connectivity index (χ0v) is 15.4. The number of hydrazone groups is 1. The molecule has 2 heterocycles. The molecule has 1 aromatic rings. The summed E-state index contributed by atoms with van der Waals surface area (Å²) in [6.07, 6.45) is -0.688. The van der Waals surface area contributed by atoms with Crippen molar-refractivity contribution in [1.29, 1.82) is 0 Å². The van der Waals surface area contributed by atoms with Crippen molar-refractivity contribution in [1.82, 2.24) is 0 Å². The molecule has 5 nitrogen and oxygen atoms in total. The molecule has 1 aromatic carbocycles. The number of halogens is 5. The number of carbonyl (C=O) groups is 1. The molecule has 10 heteroatoms. The standard InChI is InChI=1S/C13H9Cl5N2O3/c1-4-5(13-22-2-3-23-13)12(21)20(19-4)11-9(17)7(15)6(14)8(16)10(11)18/h5,13H,2-3H2,1H3/t5-/m0/s1. The zero-order valence-electron chi connectivity index (χ0n) is 11.6. The number of nitrogens with zero attached hydrogens (tertiary/aromatic N) is 2. The van der Waals surface area contributed by atoms with Gasteiger partial charge in [-0.2, -0.15) is 10.1 Å². The first kappa shape index (κ1) is 17.5. The van der Waals surface area contributed by atoms with Gasteiger partial charge >= 0.3 is 0 Å². The summed E-state index contributed by atoms with van der Waals surface area (Å²) in [5, 5.41) is 5.25. The summed E-state index contributed by atoms with van der Waals surface area (Å²) in [7, 11) is 0. The summed E-state index contributed by atoms with van der Waals surface area (Å²) in [4.78, 5) is 12.7. The minimum absolute atomic E-state index is 0.00444. The molecule has 0 spiro atoms. The van der Waals surface area contributed by atoms with E-state index < -0.39 is 18.1 Å². The first-order valence-corrected chi connectivity index (χ1v) is 8.37. The molecule has 124 valence electrons. The van der Waals surface area contributed by atoms with Crippen LogP contribution in [0.4, 0.5) is 5.69 Å². The quantitative estimate of drug-likeness (QED) is 0.518. The zero-order chi connectivity index (χ0) is 16.9. The van der Waals surface area contributed by atoms with Crippen LogP contribution in [0.1, 0.15) is 6.92 Å². The van der Waals surface area contributed by atoms with Crippen LogP contribution in [0.25, 0.3) is 0 Å². The van der Waals surface area contributed by atoms with Gasteiger partial charge in [-0.25, -0.2) is 0 Å². The molecule has 1 amide bonds. The predicted octanol–water partition coefficient (Wildman–Crippen LogP) is 4.67. The van der Waals surface area contributed by atoms with Gasteiger partial charge < -0.3 is 9.47 Å². The van der Waals surface area contributed by atoms with Gasteiger partial charge in [0.2, 0.25) is 0 Å². The number of hydrogen-bond acceptors (Lipinski definition) is 4. The fourth-order valence-electron chi connectivity index (χ4n) is 2.40. The first-order valence-electron chi connectivity index (χ1n) is 6.48. The number of benzene rings is 1. The topological polar surface area (TPSA) is 51.1 Å². The van der Waals surface area contributed by atoms with Crippen LogP contribution < -0.4 is 5.01 Å². The molecule has 1 saturated heterocycles. The Balaban J connectivity index is 2.05. The highest BCUT2D eigenvalue weighted by atomic mass is 35.5. The molecular formula is C13H9Cl5N2O3. The van der Waals surface area contributed by atoms with E-state index in [9.17, 15) is 4.79 Å². The molecule has 0 unspecified atom stereocenters. The van der Waals surface area contributed by atoms with Gasteiger partial charge in [0.25, 0.3) is 5.91 Å². The molecule has 3 rings (SSSR count). The maximum Gasteiger partial charge on any atom is 0.261 e. The number of hydrogen-bond donors (Lipinski definition) is 0. The van der Waals surface area contributed by atoms with Gasteiger partial charge in [-0.3, -0.25) is 4.79 Å². The molecule has 0 bridgehead atoms. The summed E-state index contributed by atoms with van der Waals surface area (Å²) >= 11 is 30.4. The number of rotatable bonds is 2. The molecular weight excluding hydrogens is 409 g/mol. The van der Waals surface area contributed by atoms with Crippen molar-refractivity contribution < 1.29 is 14.3 Å². The minimum atomic E-state index is -0.688. The SMILES string of the molecule is CC1=NN(c2c(Cl)c(Cl)c(Cl)c(Cl)c2Cl)C(=O)[C@H]1C1OCCO1. The van der Waals surface area contributed by atoms with Crippen LogP contribution >= 0.6 is 58.0 Å². The highest BCUT2D eigenvalue weighted by Gasteiger charge is 2.44. The van der Waals surface area contributed by atoms with Gasteiger partial charge in [0, 0.05) is 0 Å². The highest BCUT2D eigenvalue weighted by Crippen LogP contribution is 2.49. The molecule has 1 fully saturated rings. The maximum absolute atomic E-state index is 12.7. The number of amides is 1. The largest absolute Gasteiger partial charge is 0.349 e. The molecule has 2 aliphatic heterocycles. The second kappa shape index (κ2) is 6.56. The van der Waals surface area contributed by atoms with Crippen LogP contribution in [0.5, 0.6) is 0 Å². The lowest BCUT2D eigenvalue weighted by molar-refractivity contribution is -0.131. The number of ether oxygens (including phenoxy) is 2. The van der Waals surface area contributed by atoms with E-state index in [1.165, 1.54) is 0 Å². The fourth-order valence-corrected chi connectivity index (χ4v) is 3.69. The van der Waals surface area contributed by atoms with Crippen molar-refractivity contribution >= 4 is 75.3 Å². The molecule has 0 aromatic heterocycles. The summed E-state index contributed by atoms with van der Waals surface area (Å²) in [6, 6.07) is 0. The lowest BCUT2D eigenvalue weighted by atomic mass is 10.0. The Hall–Kier alpha value is -0.270. The third-order valence-corrected chi connectivity index (χ3v) is 5.76. The number of anilines is 1. The average molecular weight is 418 g/mol. The summed E-state index contributed by atoms with van der Waals surface area (Å²) in [6.45, 7) is 2.53. The van der Waals surface area contributed by atoms with Gasteiger partial charge in [0.05, 0.1) is 44.0 Å². The van der Waals surface area contributed by atoms with Crippen LogP contribution in [0.3, 0.4) is 0 Å². The van der Waals surface area contributed by atoms with Crippen molar-refractivity contribution in [2.24, 2.45) is 11.0 Å². The molecule has 0 saturated carbocycles. The Labute approximate surface area is 157 Å². The van der Waals surface area contributed by atoms with Gasteiger partial charge in [-0.15, -0.1) is 0 Å². The molecule has 2 aliphatic rings. The van der Waals surface area contributed by atoms with Gasteiger partial charge in [-0.05, 0) is 6.92 Å². The van der Waals surface area contributed by atoms with Crippen molar-refractivity contribution in [3.05, 3.63) is 25.1 Å². The Morgan fingerprint density at radius 1 is 0.957 bits per heavy atom. The molecule has 23 heavy (non-hydrogen) atoms. The Bertz CT molecular complexity index is 689. The number of carbonyl (C=O) groups excluding carboxylic acids is 1. The summed E-state index contributed by atoms with van der Waals surface area (Å²) < 4.78 is 10.8. The van der Waals surface area contributed by atoms with Crippen molar-refractivity contribution in [3.63, 3.8) is 0 Å². The minimum Gasteiger partial charge on any atom is -0.349 e. The van der Waals surface area contributed by atoms with E-state index in [0.717, 1.165) is 5.01 Å². The fraction of sp³-hybridized carbons (Fsp3) is 0.385. The smallest absolute Gasteiger partial charge is 0.261 e. The second-order valence-corrected chi connectivity index (χ2v) is 6.79. The monoisotopic (exact) mass is 416 g/mol. The summed E-state index contributed by atoms with van der Waals surface area (Å²) in [5.74, 6) is -1.08. The van der Waals surface area contributed by atoms with E-state index in [0.29, 0.717) is 18.9 Å². The molecule has 0 radical (unpaired) electrons. The van der Waals surface area contributed by atoms with E-state index in [1.807, 2.05) is 0 Å². The van der Waals surface area contributed by atoms with Gasteiger partial charge in [0.1, 0.15) is 11.6 Å². The Kier molecular flexibility index (Phi) is 5.01. The van der Waals surface area contributed by atoms with E-state index in [4.69, 9.17) is 67.5 Å². The van der Waals surface area contributed by atoms with Crippen LogP contribution in [-0.4, -0.2) is 31.1 Å². The maximum atomic E-state index is 12.7. The van der Waals surface area contributed by atoms with Crippen molar-refractivity contribution in [2.45, 2.75) is 13.2 Å². The van der Waals surface area contributed by atoms with Gasteiger partial charge in [-0.1, -0.05) is 58.0 Å².